The van der Waals surface area contributed by atoms with Crippen molar-refractivity contribution in [1.82, 2.24) is 0 Å². The average Bonchev–Trinajstić information content (AvgIpc) is 3.21. The Morgan fingerprint density at radius 3 is 2.52 bits per heavy atom. The second kappa shape index (κ2) is 7.93. The number of fused-ring (bicyclic) bond motifs is 1. The first kappa shape index (κ1) is 19.0. The summed E-state index contributed by atoms with van der Waals surface area (Å²) in [6.07, 6.45) is 0.203. The van der Waals surface area contributed by atoms with Gasteiger partial charge < -0.3 is 13.9 Å². The van der Waals surface area contributed by atoms with Crippen molar-refractivity contribution in [3.8, 4) is 22.6 Å². The molecule has 5 nitrogen and oxygen atoms in total. The van der Waals surface area contributed by atoms with E-state index in [-0.39, 0.29) is 12.4 Å². The normalized spacial score (nSPS) is 10.8. The molecule has 0 saturated carbocycles. The Balaban J connectivity index is 1.66. The maximum atomic E-state index is 12.6. The van der Waals surface area contributed by atoms with E-state index in [2.05, 4.69) is 0 Å². The van der Waals surface area contributed by atoms with Crippen LogP contribution in [-0.2, 0) is 11.2 Å². The number of hydrogen-bond donors (Lipinski definition) is 0. The number of hydrogen-bond acceptors (Lipinski definition) is 6. The number of rotatable bonds is 5. The summed E-state index contributed by atoms with van der Waals surface area (Å²) in [5.74, 6) is 0.699. The van der Waals surface area contributed by atoms with E-state index in [4.69, 9.17) is 13.9 Å². The molecule has 2 aromatic carbocycles. The van der Waals surface area contributed by atoms with Crippen LogP contribution in [0.1, 0.15) is 10.4 Å². The Labute approximate surface area is 171 Å². The molecule has 0 radical (unpaired) electrons. The van der Waals surface area contributed by atoms with Gasteiger partial charge in [-0.15, -0.1) is 11.3 Å². The molecular formula is C23H18O5S. The number of benzene rings is 2. The van der Waals surface area contributed by atoms with Crippen LogP contribution in [0.15, 0.2) is 69.2 Å². The predicted molar refractivity (Wildman–Crippen MR) is 113 cm³/mol. The molecule has 0 amide bonds. The van der Waals surface area contributed by atoms with Gasteiger partial charge in [-0.1, -0.05) is 18.2 Å². The molecule has 0 fully saturated rings. The molecule has 4 aromatic rings. The molecule has 0 aliphatic heterocycles. The van der Waals surface area contributed by atoms with Gasteiger partial charge in [0.05, 0.1) is 19.1 Å². The first-order valence-electron chi connectivity index (χ1n) is 9.00. The van der Waals surface area contributed by atoms with Crippen molar-refractivity contribution in [3.63, 3.8) is 0 Å². The summed E-state index contributed by atoms with van der Waals surface area (Å²) in [6, 6.07) is 16.1. The van der Waals surface area contributed by atoms with Crippen LogP contribution in [0.5, 0.6) is 11.5 Å². The van der Waals surface area contributed by atoms with E-state index in [1.54, 1.807) is 37.4 Å². The van der Waals surface area contributed by atoms with Crippen LogP contribution >= 0.6 is 11.3 Å². The summed E-state index contributed by atoms with van der Waals surface area (Å²) < 4.78 is 16.1. The molecule has 6 heteroatoms. The van der Waals surface area contributed by atoms with Gasteiger partial charge in [0.15, 0.2) is 0 Å². The molecule has 0 aliphatic rings. The fourth-order valence-electron chi connectivity index (χ4n) is 3.21. The summed E-state index contributed by atoms with van der Waals surface area (Å²) in [7, 11) is 1.59. The van der Waals surface area contributed by atoms with Gasteiger partial charge >= 0.3 is 11.6 Å². The van der Waals surface area contributed by atoms with Crippen molar-refractivity contribution in [2.24, 2.45) is 0 Å². The van der Waals surface area contributed by atoms with Crippen LogP contribution in [0, 0.1) is 6.92 Å². The molecule has 0 atom stereocenters. The third-order valence-electron chi connectivity index (χ3n) is 4.65. The Kier molecular flexibility index (Phi) is 5.18. The van der Waals surface area contributed by atoms with E-state index in [9.17, 15) is 9.59 Å². The number of ether oxygens (including phenoxy) is 2. The Morgan fingerprint density at radius 2 is 1.83 bits per heavy atom. The Morgan fingerprint density at radius 1 is 1.07 bits per heavy atom. The highest BCUT2D eigenvalue weighted by atomic mass is 32.1. The zero-order valence-corrected chi connectivity index (χ0v) is 16.7. The number of esters is 1. The van der Waals surface area contributed by atoms with Crippen molar-refractivity contribution in [3.05, 3.63) is 80.8 Å². The summed E-state index contributed by atoms with van der Waals surface area (Å²) >= 11 is 1.50. The molecule has 146 valence electrons. The third-order valence-corrected chi connectivity index (χ3v) is 5.52. The van der Waals surface area contributed by atoms with E-state index in [0.29, 0.717) is 22.6 Å². The van der Waals surface area contributed by atoms with Gasteiger partial charge in [0.1, 0.15) is 17.1 Å². The van der Waals surface area contributed by atoms with E-state index < -0.39 is 5.63 Å². The Hall–Kier alpha value is -3.38. The van der Waals surface area contributed by atoms with Crippen molar-refractivity contribution in [1.29, 1.82) is 0 Å². The lowest BCUT2D eigenvalue weighted by molar-refractivity contribution is -0.133. The molecular weight excluding hydrogens is 388 g/mol. The molecule has 0 saturated heterocycles. The SMILES string of the molecule is COc1ccc(-c2c(C)c3ccc(OC(=O)Cc4cccs4)cc3oc2=O)cc1. The Bertz CT molecular complexity index is 1220. The minimum atomic E-state index is -0.442. The molecule has 2 heterocycles. The second-order valence-electron chi connectivity index (χ2n) is 6.51. The summed E-state index contributed by atoms with van der Waals surface area (Å²) in [6.45, 7) is 1.88. The van der Waals surface area contributed by atoms with Crippen LogP contribution < -0.4 is 15.1 Å². The highest BCUT2D eigenvalue weighted by Crippen LogP contribution is 2.30. The fourth-order valence-corrected chi connectivity index (χ4v) is 3.90. The molecule has 29 heavy (non-hydrogen) atoms. The summed E-state index contributed by atoms with van der Waals surface area (Å²) in [5.41, 5.74) is 2.00. The molecule has 0 N–H and O–H groups in total. The van der Waals surface area contributed by atoms with E-state index >= 15 is 0 Å². The lowest BCUT2D eigenvalue weighted by atomic mass is 9.99. The van der Waals surface area contributed by atoms with Crippen LogP contribution in [0.25, 0.3) is 22.1 Å². The highest BCUT2D eigenvalue weighted by Gasteiger charge is 2.15. The minimum Gasteiger partial charge on any atom is -0.497 e. The van der Waals surface area contributed by atoms with Gasteiger partial charge in [0.25, 0.3) is 0 Å². The number of aryl methyl sites for hydroxylation is 1. The average molecular weight is 406 g/mol. The third kappa shape index (κ3) is 3.93. The predicted octanol–water partition coefficient (Wildman–Crippen LogP) is 4.99. The van der Waals surface area contributed by atoms with Gasteiger partial charge in [-0.2, -0.15) is 0 Å². The van der Waals surface area contributed by atoms with Gasteiger partial charge in [0, 0.05) is 16.3 Å². The zero-order valence-electron chi connectivity index (χ0n) is 15.9. The monoisotopic (exact) mass is 406 g/mol. The number of carbonyl (C=O) groups excluding carboxylic acids is 1. The molecule has 0 aliphatic carbocycles. The van der Waals surface area contributed by atoms with Crippen LogP contribution in [0.2, 0.25) is 0 Å². The number of carbonyl (C=O) groups is 1. The quantitative estimate of drug-likeness (QED) is 0.265. The van der Waals surface area contributed by atoms with Crippen molar-refractivity contribution in [2.45, 2.75) is 13.3 Å². The second-order valence-corrected chi connectivity index (χ2v) is 7.54. The maximum Gasteiger partial charge on any atom is 0.344 e. The minimum absolute atomic E-state index is 0.203. The topological polar surface area (TPSA) is 65.7 Å². The van der Waals surface area contributed by atoms with Gasteiger partial charge in [-0.25, -0.2) is 4.79 Å². The fraction of sp³-hybridized carbons (Fsp3) is 0.130. The lowest BCUT2D eigenvalue weighted by Gasteiger charge is -2.10. The first-order chi connectivity index (χ1) is 14.0. The lowest BCUT2D eigenvalue weighted by Crippen LogP contribution is -2.10. The largest absolute Gasteiger partial charge is 0.497 e. The van der Waals surface area contributed by atoms with E-state index in [0.717, 1.165) is 21.4 Å². The molecule has 0 bridgehead atoms. The first-order valence-corrected chi connectivity index (χ1v) is 9.88. The molecule has 0 unspecified atom stereocenters. The van der Waals surface area contributed by atoms with Crippen LogP contribution in [0.3, 0.4) is 0 Å². The number of methoxy groups -OCH3 is 1. The zero-order chi connectivity index (χ0) is 20.4. The maximum absolute atomic E-state index is 12.6. The summed E-state index contributed by atoms with van der Waals surface area (Å²) in [4.78, 5) is 25.7. The van der Waals surface area contributed by atoms with Crippen LogP contribution in [0.4, 0.5) is 0 Å². The van der Waals surface area contributed by atoms with Gasteiger partial charge in [-0.3, -0.25) is 4.79 Å². The van der Waals surface area contributed by atoms with Gasteiger partial charge in [0.2, 0.25) is 0 Å². The van der Waals surface area contributed by atoms with E-state index in [1.165, 1.54) is 11.3 Å². The van der Waals surface area contributed by atoms with Gasteiger partial charge in [-0.05, 0) is 53.8 Å². The highest BCUT2D eigenvalue weighted by molar-refractivity contribution is 7.10. The van der Waals surface area contributed by atoms with Crippen molar-refractivity contribution < 1.29 is 18.7 Å². The smallest absolute Gasteiger partial charge is 0.344 e. The van der Waals surface area contributed by atoms with Crippen LogP contribution in [-0.4, -0.2) is 13.1 Å². The molecule has 0 spiro atoms. The summed E-state index contributed by atoms with van der Waals surface area (Å²) in [5, 5.41) is 2.70. The standard InChI is InChI=1S/C23H18O5S/c1-14-19-10-9-17(27-21(24)13-18-4-3-11-29-18)12-20(19)28-23(25)22(14)15-5-7-16(26-2)8-6-15/h3-12H,13H2,1-2H3. The molecule has 4 rings (SSSR count). The van der Waals surface area contributed by atoms with Crippen molar-refractivity contribution >= 4 is 28.3 Å². The molecule has 2 aromatic heterocycles. The van der Waals surface area contributed by atoms with Crippen molar-refractivity contribution in [2.75, 3.05) is 7.11 Å². The van der Waals surface area contributed by atoms with E-state index in [1.807, 2.05) is 36.6 Å². The number of thiophene rings is 1.